The maximum Gasteiger partial charge on any atom is 0.329 e. The summed E-state index contributed by atoms with van der Waals surface area (Å²) in [6.45, 7) is 8.07. The normalized spacial score (nSPS) is 19.2. The second-order valence-corrected chi connectivity index (χ2v) is 8.12. The summed E-state index contributed by atoms with van der Waals surface area (Å²) < 4.78 is 2.97. The van der Waals surface area contributed by atoms with Gasteiger partial charge in [0.15, 0.2) is 0 Å². The summed E-state index contributed by atoms with van der Waals surface area (Å²) in [5.41, 5.74) is 2.04. The van der Waals surface area contributed by atoms with Gasteiger partial charge in [-0.05, 0) is 49.9 Å². The Morgan fingerprint density at radius 1 is 1.10 bits per heavy atom. The number of amides is 2. The maximum atomic E-state index is 12.8. The van der Waals surface area contributed by atoms with Crippen LogP contribution < -0.4 is 16.3 Å². The molecule has 2 atom stereocenters. The maximum absolute atomic E-state index is 12.8. The van der Waals surface area contributed by atoms with Gasteiger partial charge in [-0.1, -0.05) is 44.6 Å². The van der Waals surface area contributed by atoms with Gasteiger partial charge < -0.3 is 5.32 Å². The van der Waals surface area contributed by atoms with E-state index in [-0.39, 0.29) is 18.0 Å². The number of rotatable bonds is 2. The topological polar surface area (TPSA) is 85.1 Å². The van der Waals surface area contributed by atoms with Gasteiger partial charge in [-0.3, -0.25) is 24.0 Å². The molecule has 4 rings (SSSR count). The van der Waals surface area contributed by atoms with E-state index in [9.17, 15) is 14.4 Å². The minimum absolute atomic E-state index is 0.222. The lowest BCUT2D eigenvalue weighted by Crippen LogP contribution is -2.44. The number of carbonyl (C=O) groups excluding carboxylic acids is 2. The molecule has 7 nitrogen and oxygen atoms in total. The first kappa shape index (κ1) is 25.6. The summed E-state index contributed by atoms with van der Waals surface area (Å²) in [6, 6.07) is 3.16. The molecular formula is C22H34ClN4O3P. The number of hydrogen-bond donors (Lipinski definition) is 2. The average molecular weight is 469 g/mol. The summed E-state index contributed by atoms with van der Waals surface area (Å²) in [6.07, 6.45) is 3.80. The Morgan fingerprint density at radius 3 is 2.29 bits per heavy atom. The molecule has 2 aliphatic heterocycles. The zero-order valence-electron chi connectivity index (χ0n) is 18.8. The van der Waals surface area contributed by atoms with Crippen molar-refractivity contribution in [1.82, 2.24) is 19.8 Å². The molecule has 3 heterocycles. The third kappa shape index (κ3) is 5.39. The fraction of sp³-hybridized carbons (Fsp3) is 0.591. The van der Waals surface area contributed by atoms with Crippen LogP contribution in [0, 0.1) is 0 Å². The van der Waals surface area contributed by atoms with Gasteiger partial charge in [-0.15, -0.1) is 9.24 Å². The molecule has 0 spiro atoms. The number of halogens is 1. The number of aryl methyl sites for hydroxylation is 1. The number of piperidine rings is 2. The smallest absolute Gasteiger partial charge is 0.317 e. The lowest BCUT2D eigenvalue weighted by atomic mass is 9.90. The Bertz CT molecular complexity index is 979. The second-order valence-electron chi connectivity index (χ2n) is 7.75. The minimum atomic E-state index is -0.690. The van der Waals surface area contributed by atoms with Crippen molar-refractivity contribution in [2.45, 2.75) is 57.9 Å². The number of benzene rings is 1. The van der Waals surface area contributed by atoms with Crippen LogP contribution in [0.4, 0.5) is 0 Å². The third-order valence-corrected chi connectivity index (χ3v) is 5.91. The third-order valence-electron chi connectivity index (χ3n) is 5.51. The fourth-order valence-corrected chi connectivity index (χ4v) is 4.56. The van der Waals surface area contributed by atoms with E-state index in [1.807, 2.05) is 18.8 Å². The Hall–Kier alpha value is -1.69. The number of nitrogens with one attached hydrogen (secondary N) is 2. The van der Waals surface area contributed by atoms with Crippen LogP contribution in [0.25, 0.3) is 11.0 Å². The lowest BCUT2D eigenvalue weighted by molar-refractivity contribution is -0.135. The molecule has 2 aliphatic rings. The fourth-order valence-electron chi connectivity index (χ4n) is 4.12. The number of fused-ring (bicyclic) bond motifs is 1. The van der Waals surface area contributed by atoms with Crippen molar-refractivity contribution >= 4 is 43.7 Å². The summed E-state index contributed by atoms with van der Waals surface area (Å²) in [7, 11) is 4.09. The zero-order valence-corrected chi connectivity index (χ0v) is 20.7. The summed E-state index contributed by atoms with van der Waals surface area (Å²) in [5.74, 6) is -0.373. The molecule has 2 unspecified atom stereocenters. The van der Waals surface area contributed by atoms with E-state index in [2.05, 4.69) is 33.7 Å². The van der Waals surface area contributed by atoms with Crippen LogP contribution in [0.2, 0.25) is 5.02 Å². The second kappa shape index (κ2) is 11.8. The summed E-state index contributed by atoms with van der Waals surface area (Å²) in [4.78, 5) is 36.5. The van der Waals surface area contributed by atoms with E-state index in [1.165, 1.54) is 15.6 Å². The molecule has 0 bridgehead atoms. The van der Waals surface area contributed by atoms with Crippen molar-refractivity contribution in [3.8, 4) is 0 Å². The molecule has 0 aliphatic carbocycles. The van der Waals surface area contributed by atoms with E-state index in [0.717, 1.165) is 31.5 Å². The van der Waals surface area contributed by atoms with Gasteiger partial charge in [0, 0.05) is 13.5 Å². The number of aromatic nitrogens is 2. The zero-order chi connectivity index (χ0) is 23.1. The van der Waals surface area contributed by atoms with Gasteiger partial charge in [0.1, 0.15) is 6.04 Å². The van der Waals surface area contributed by atoms with Gasteiger partial charge in [-0.25, -0.2) is 4.79 Å². The van der Waals surface area contributed by atoms with Crippen LogP contribution in [0.15, 0.2) is 16.9 Å². The van der Waals surface area contributed by atoms with Gasteiger partial charge >= 0.3 is 5.69 Å². The van der Waals surface area contributed by atoms with Crippen LogP contribution in [0.1, 0.15) is 63.5 Å². The number of hydrogen-bond acceptors (Lipinski definition) is 4. The molecule has 2 N–H and O–H groups in total. The van der Waals surface area contributed by atoms with Crippen LogP contribution in [0.5, 0.6) is 0 Å². The van der Waals surface area contributed by atoms with Crippen molar-refractivity contribution in [2.24, 2.45) is 7.05 Å². The van der Waals surface area contributed by atoms with Crippen LogP contribution >= 0.6 is 20.8 Å². The molecule has 2 aromatic rings. The first-order chi connectivity index (χ1) is 14.9. The summed E-state index contributed by atoms with van der Waals surface area (Å²) >= 11 is 6.72. The molecule has 2 saturated heterocycles. The molecule has 2 amide bonds. The quantitative estimate of drug-likeness (QED) is 0.523. The Kier molecular flexibility index (Phi) is 9.73. The van der Waals surface area contributed by atoms with Crippen LogP contribution in [-0.2, 0) is 16.6 Å². The van der Waals surface area contributed by atoms with E-state index in [0.29, 0.717) is 28.4 Å². The number of carbonyl (C=O) groups is 2. The molecule has 31 heavy (non-hydrogen) atoms. The molecular weight excluding hydrogens is 435 g/mol. The monoisotopic (exact) mass is 468 g/mol. The highest BCUT2D eigenvalue weighted by Crippen LogP contribution is 2.36. The van der Waals surface area contributed by atoms with Gasteiger partial charge in [-0.2, -0.15) is 0 Å². The van der Waals surface area contributed by atoms with Gasteiger partial charge in [0.05, 0.1) is 16.1 Å². The molecule has 2 fully saturated rings. The Balaban J connectivity index is 0.000000630. The predicted octanol–water partition coefficient (Wildman–Crippen LogP) is 3.35. The number of imidazole rings is 1. The van der Waals surface area contributed by atoms with Crippen LogP contribution in [-0.4, -0.2) is 40.7 Å². The van der Waals surface area contributed by atoms with E-state index in [4.69, 9.17) is 11.6 Å². The van der Waals surface area contributed by atoms with Gasteiger partial charge in [0.25, 0.3) is 0 Å². The molecule has 0 saturated carbocycles. The highest BCUT2D eigenvalue weighted by atomic mass is 35.5. The van der Waals surface area contributed by atoms with E-state index in [1.54, 1.807) is 7.05 Å². The van der Waals surface area contributed by atoms with Crippen molar-refractivity contribution in [1.29, 1.82) is 0 Å². The molecule has 9 heteroatoms. The van der Waals surface area contributed by atoms with Crippen molar-refractivity contribution < 1.29 is 9.59 Å². The first-order valence-electron chi connectivity index (χ1n) is 10.9. The first-order valence-corrected chi connectivity index (χ1v) is 12.4. The standard InChI is InChI=1S/C18H21ClN4O3.C3H8.CH5P/c1-22-16-12(3-2-11(15(16)19)10-6-8-20-9-7-10)23(18(22)26)13-4-5-14(24)21-17(13)25;1-3-2;1-2/h2-3,10,13,20H,4-9H2,1H3,(H,21,24,25);3H2,1-2H3;2H2,1H3. The molecule has 1 aromatic heterocycles. The Labute approximate surface area is 191 Å². The highest BCUT2D eigenvalue weighted by Gasteiger charge is 2.32. The lowest BCUT2D eigenvalue weighted by Gasteiger charge is -2.24. The van der Waals surface area contributed by atoms with Crippen LogP contribution in [0.3, 0.4) is 0 Å². The van der Waals surface area contributed by atoms with E-state index >= 15 is 0 Å². The highest BCUT2D eigenvalue weighted by molar-refractivity contribution is 7.15. The number of imide groups is 1. The summed E-state index contributed by atoms with van der Waals surface area (Å²) in [5, 5.41) is 6.25. The molecule has 0 radical (unpaired) electrons. The van der Waals surface area contributed by atoms with Crippen molar-refractivity contribution in [3.63, 3.8) is 0 Å². The van der Waals surface area contributed by atoms with E-state index < -0.39 is 11.9 Å². The van der Waals surface area contributed by atoms with Crippen molar-refractivity contribution in [3.05, 3.63) is 33.2 Å². The minimum Gasteiger partial charge on any atom is -0.317 e. The van der Waals surface area contributed by atoms with Gasteiger partial charge in [0.2, 0.25) is 11.8 Å². The predicted molar refractivity (Wildman–Crippen MR) is 130 cm³/mol. The Morgan fingerprint density at radius 2 is 1.71 bits per heavy atom. The average Bonchev–Trinajstić information content (AvgIpc) is 3.02. The SMILES string of the molecule is CCC.CP.Cn1c(=O)n(C2CCC(=O)NC2=O)c2ccc(C3CCNCC3)c(Cl)c21. The number of nitrogens with zero attached hydrogens (tertiary/aromatic N) is 2. The largest absolute Gasteiger partial charge is 0.329 e. The molecule has 172 valence electrons. The van der Waals surface area contributed by atoms with Crippen molar-refractivity contribution in [2.75, 3.05) is 19.8 Å². The molecule has 1 aromatic carbocycles.